The summed E-state index contributed by atoms with van der Waals surface area (Å²) in [5.74, 6) is 0.621. The van der Waals surface area contributed by atoms with Gasteiger partial charge in [-0.2, -0.15) is 15.2 Å². The molecule has 9 nitrogen and oxygen atoms in total. The fourth-order valence-corrected chi connectivity index (χ4v) is 6.38. The lowest BCUT2D eigenvalue weighted by atomic mass is 9.94. The number of hydrogen-bond acceptors (Lipinski definition) is 8. The number of ether oxygens (including phenoxy) is 2. The van der Waals surface area contributed by atoms with Gasteiger partial charge in [-0.15, -0.1) is 0 Å². The number of carbonyl (C=O) groups excluding carboxylic acids is 1. The minimum atomic E-state index is -0.255. The minimum absolute atomic E-state index is 0.140. The molecular weight excluding hydrogens is 516 g/mol. The number of hydrogen-bond donors (Lipinski definition) is 0. The molecule has 0 saturated carbocycles. The van der Waals surface area contributed by atoms with Gasteiger partial charge in [0.15, 0.2) is 0 Å². The van der Waals surface area contributed by atoms with Crippen LogP contribution in [0.1, 0.15) is 42.2 Å². The summed E-state index contributed by atoms with van der Waals surface area (Å²) in [5, 5.41) is 11.9. The molecule has 3 aliphatic rings. The van der Waals surface area contributed by atoms with Gasteiger partial charge in [0.25, 0.3) is 0 Å². The number of aromatic nitrogens is 2. The van der Waals surface area contributed by atoms with Crippen LogP contribution in [-0.2, 0) is 22.6 Å². The SMILES string of the molecule is C=CC(=O)N1CCN(c2nc(OCC3CCCN3C)nc3c2COC(c2cccc4ccccc24)C3)C[C@@H]1CC#N. The molecule has 9 heteroatoms. The standard InChI is InChI=1S/C32H36N6O3/c1-3-30(39)38-17-16-37(19-23(38)13-14-33)31-27-21-40-29(26-12-6-9-22-8-4-5-11-25(22)26)18-28(27)34-32(35-31)41-20-24-10-7-15-36(24)2/h3-6,8-9,11-12,23-24,29H,1,7,10,13,15-21H2,2H3/t23-,24?,29?/m0/s1. The highest BCUT2D eigenvalue weighted by atomic mass is 16.5. The fraction of sp³-hybridized carbons (Fsp3) is 0.438. The van der Waals surface area contributed by atoms with E-state index < -0.39 is 0 Å². The summed E-state index contributed by atoms with van der Waals surface area (Å²) in [6, 6.07) is 17.4. The maximum Gasteiger partial charge on any atom is 0.318 e. The number of carbonyl (C=O) groups is 1. The van der Waals surface area contributed by atoms with Gasteiger partial charge in [-0.1, -0.05) is 49.0 Å². The largest absolute Gasteiger partial charge is 0.462 e. The number of nitriles is 1. The summed E-state index contributed by atoms with van der Waals surface area (Å²) >= 11 is 0. The second-order valence-corrected chi connectivity index (χ2v) is 11.1. The van der Waals surface area contributed by atoms with Crippen LogP contribution < -0.4 is 9.64 Å². The zero-order valence-corrected chi connectivity index (χ0v) is 23.5. The Labute approximate surface area is 241 Å². The first-order chi connectivity index (χ1) is 20.1. The second-order valence-electron chi connectivity index (χ2n) is 11.1. The summed E-state index contributed by atoms with van der Waals surface area (Å²) in [6.45, 7) is 7.19. The van der Waals surface area contributed by atoms with Crippen molar-refractivity contribution in [2.24, 2.45) is 0 Å². The molecule has 1 aromatic heterocycles. The molecule has 0 radical (unpaired) electrons. The molecule has 0 N–H and O–H groups in total. The number of nitrogens with zero attached hydrogens (tertiary/aromatic N) is 6. The normalized spacial score (nSPS) is 22.8. The number of likely N-dealkylation sites (tertiary alicyclic amines) is 1. The van der Waals surface area contributed by atoms with Crippen molar-refractivity contribution in [3.63, 3.8) is 0 Å². The zero-order chi connectivity index (χ0) is 28.3. The van der Waals surface area contributed by atoms with Crippen molar-refractivity contribution in [3.05, 3.63) is 71.9 Å². The van der Waals surface area contributed by atoms with Crippen molar-refractivity contribution in [2.45, 2.75) is 50.5 Å². The first-order valence-corrected chi connectivity index (χ1v) is 14.4. The maximum atomic E-state index is 12.5. The summed E-state index contributed by atoms with van der Waals surface area (Å²) in [6.07, 6.45) is 4.28. The van der Waals surface area contributed by atoms with Crippen molar-refractivity contribution in [1.29, 1.82) is 5.26 Å². The molecular formula is C32H36N6O3. The first-order valence-electron chi connectivity index (χ1n) is 14.4. The molecule has 3 aromatic rings. The molecule has 0 spiro atoms. The van der Waals surface area contributed by atoms with E-state index in [0.717, 1.165) is 35.6 Å². The van der Waals surface area contributed by atoms with Gasteiger partial charge < -0.3 is 24.2 Å². The Bertz CT molecular complexity index is 1480. The van der Waals surface area contributed by atoms with Crippen molar-refractivity contribution in [1.82, 2.24) is 19.8 Å². The quantitative estimate of drug-likeness (QED) is 0.406. The molecule has 4 heterocycles. The van der Waals surface area contributed by atoms with Gasteiger partial charge in [0.05, 0.1) is 36.9 Å². The van der Waals surface area contributed by atoms with E-state index in [4.69, 9.17) is 19.4 Å². The van der Waals surface area contributed by atoms with Crippen LogP contribution in [0.15, 0.2) is 55.1 Å². The van der Waals surface area contributed by atoms with Crippen molar-refractivity contribution in [3.8, 4) is 12.1 Å². The Kier molecular flexibility index (Phi) is 7.86. The molecule has 2 fully saturated rings. The number of fused-ring (bicyclic) bond motifs is 2. The highest BCUT2D eigenvalue weighted by molar-refractivity contribution is 5.87. The molecule has 0 aliphatic carbocycles. The van der Waals surface area contributed by atoms with Crippen LogP contribution in [0.2, 0.25) is 0 Å². The third-order valence-electron chi connectivity index (χ3n) is 8.67. The third kappa shape index (κ3) is 5.50. The first kappa shape index (κ1) is 27.2. The lowest BCUT2D eigenvalue weighted by Crippen LogP contribution is -2.55. The van der Waals surface area contributed by atoms with Gasteiger partial charge in [0, 0.05) is 37.7 Å². The Hall–Kier alpha value is -4.00. The van der Waals surface area contributed by atoms with Gasteiger partial charge in [0.1, 0.15) is 12.4 Å². The lowest BCUT2D eigenvalue weighted by Gasteiger charge is -2.41. The van der Waals surface area contributed by atoms with Crippen LogP contribution in [0.25, 0.3) is 10.8 Å². The average molecular weight is 553 g/mol. The number of likely N-dealkylation sites (N-methyl/N-ethyl adjacent to an activating group) is 1. The number of anilines is 1. The Morgan fingerprint density at radius 1 is 1.17 bits per heavy atom. The number of amides is 1. The third-order valence-corrected chi connectivity index (χ3v) is 8.67. The van der Waals surface area contributed by atoms with Crippen molar-refractivity contribution in [2.75, 3.05) is 44.7 Å². The van der Waals surface area contributed by atoms with Crippen LogP contribution in [0.5, 0.6) is 6.01 Å². The van der Waals surface area contributed by atoms with E-state index >= 15 is 0 Å². The smallest absolute Gasteiger partial charge is 0.318 e. The topological polar surface area (TPSA) is 94.8 Å². The lowest BCUT2D eigenvalue weighted by molar-refractivity contribution is -0.128. The molecule has 2 aromatic carbocycles. The summed E-state index contributed by atoms with van der Waals surface area (Å²) < 4.78 is 12.8. The van der Waals surface area contributed by atoms with E-state index in [1.165, 1.54) is 23.3 Å². The summed E-state index contributed by atoms with van der Waals surface area (Å²) in [5.41, 5.74) is 3.02. The molecule has 2 unspecified atom stereocenters. The van der Waals surface area contributed by atoms with E-state index in [0.29, 0.717) is 51.3 Å². The maximum absolute atomic E-state index is 12.5. The van der Waals surface area contributed by atoms with E-state index in [1.807, 2.05) is 0 Å². The van der Waals surface area contributed by atoms with Gasteiger partial charge in [-0.25, -0.2) is 0 Å². The molecule has 41 heavy (non-hydrogen) atoms. The Morgan fingerprint density at radius 2 is 2.02 bits per heavy atom. The molecule has 3 atom stereocenters. The van der Waals surface area contributed by atoms with Gasteiger partial charge >= 0.3 is 6.01 Å². The number of piperazine rings is 1. The van der Waals surface area contributed by atoms with Crippen molar-refractivity contribution >= 4 is 22.5 Å². The molecule has 212 valence electrons. The van der Waals surface area contributed by atoms with Gasteiger partial charge in [-0.05, 0) is 48.8 Å². The molecule has 6 rings (SSSR count). The highest BCUT2D eigenvalue weighted by Gasteiger charge is 2.34. The van der Waals surface area contributed by atoms with Crippen LogP contribution in [-0.4, -0.2) is 77.6 Å². The number of rotatable bonds is 7. The van der Waals surface area contributed by atoms with Crippen LogP contribution in [0, 0.1) is 11.3 Å². The second kappa shape index (κ2) is 11.9. The van der Waals surface area contributed by atoms with E-state index in [1.54, 1.807) is 4.90 Å². The van der Waals surface area contributed by atoms with Crippen LogP contribution >= 0.6 is 0 Å². The van der Waals surface area contributed by atoms with Crippen LogP contribution in [0.3, 0.4) is 0 Å². The summed E-state index contributed by atoms with van der Waals surface area (Å²) in [4.78, 5) is 28.6. The van der Waals surface area contributed by atoms with Crippen molar-refractivity contribution < 1.29 is 14.3 Å². The van der Waals surface area contributed by atoms with Crippen LogP contribution in [0.4, 0.5) is 5.82 Å². The highest BCUT2D eigenvalue weighted by Crippen LogP contribution is 2.38. The Morgan fingerprint density at radius 3 is 2.83 bits per heavy atom. The fourth-order valence-electron chi connectivity index (χ4n) is 6.38. The van der Waals surface area contributed by atoms with Gasteiger partial charge in [0.2, 0.25) is 5.91 Å². The Balaban J connectivity index is 1.33. The predicted octanol–water partition coefficient (Wildman–Crippen LogP) is 4.03. The van der Waals surface area contributed by atoms with E-state index in [-0.39, 0.29) is 24.5 Å². The van der Waals surface area contributed by atoms with Gasteiger partial charge in [-0.3, -0.25) is 4.79 Å². The average Bonchev–Trinajstić information content (AvgIpc) is 3.43. The minimum Gasteiger partial charge on any atom is -0.462 e. The van der Waals surface area contributed by atoms with E-state index in [9.17, 15) is 10.1 Å². The summed E-state index contributed by atoms with van der Waals surface area (Å²) in [7, 11) is 2.13. The predicted molar refractivity (Wildman–Crippen MR) is 157 cm³/mol. The molecule has 1 amide bonds. The molecule has 0 bridgehead atoms. The monoisotopic (exact) mass is 552 g/mol. The van der Waals surface area contributed by atoms with E-state index in [2.05, 4.69) is 72.0 Å². The molecule has 2 saturated heterocycles. The number of benzene rings is 2. The zero-order valence-electron chi connectivity index (χ0n) is 23.5. The molecule has 3 aliphatic heterocycles.